The van der Waals surface area contributed by atoms with E-state index in [1.807, 2.05) is 0 Å². The molecule has 1 aromatic carbocycles. The van der Waals surface area contributed by atoms with Crippen LogP contribution in [0.2, 0.25) is 0 Å². The molecule has 130 valence electrons. The molecule has 0 N–H and O–H groups in total. The largest absolute Gasteiger partial charge is 0.204 e. The number of unbranched alkanes of at least 4 members (excludes halogenated alkanes) is 2. The highest BCUT2D eigenvalue weighted by Crippen LogP contribution is 2.32. The Kier molecular flexibility index (Phi) is 7.43. The van der Waals surface area contributed by atoms with Crippen LogP contribution in [-0.4, -0.2) is 0 Å². The van der Waals surface area contributed by atoms with Gasteiger partial charge in [0.1, 0.15) is 0 Å². The molecule has 1 aromatic rings. The van der Waals surface area contributed by atoms with Crippen LogP contribution in [0, 0.1) is 41.1 Å². The lowest BCUT2D eigenvalue weighted by Crippen LogP contribution is -2.12. The van der Waals surface area contributed by atoms with E-state index in [0.717, 1.165) is 18.1 Å². The molecule has 1 aliphatic carbocycles. The van der Waals surface area contributed by atoms with Gasteiger partial charge in [-0.2, -0.15) is 0 Å². The van der Waals surface area contributed by atoms with Crippen LogP contribution in [0.5, 0.6) is 0 Å². The standard InChI is InChI=1S/C21H25F3/c1-2-3-4-7-16-10-12-17(13-11-16)8-5-6-9-18-14-19(22)21(24)20(23)15-18/h5,8,14-17H,2-4,7,10-13H2,1H3. The predicted octanol–water partition coefficient (Wildman–Crippen LogP) is 6.40. The fraction of sp³-hybridized carbons (Fsp3) is 0.524. The van der Waals surface area contributed by atoms with Gasteiger partial charge in [0.2, 0.25) is 0 Å². The second-order valence-electron chi connectivity index (χ2n) is 6.66. The summed E-state index contributed by atoms with van der Waals surface area (Å²) in [5.74, 6) is 3.00. The predicted molar refractivity (Wildman–Crippen MR) is 91.9 cm³/mol. The van der Waals surface area contributed by atoms with E-state index in [1.165, 1.54) is 51.4 Å². The van der Waals surface area contributed by atoms with E-state index < -0.39 is 17.5 Å². The average molecular weight is 334 g/mol. The van der Waals surface area contributed by atoms with E-state index in [1.54, 1.807) is 6.08 Å². The van der Waals surface area contributed by atoms with Crippen LogP contribution in [0.25, 0.3) is 0 Å². The third-order valence-electron chi connectivity index (χ3n) is 4.76. The summed E-state index contributed by atoms with van der Waals surface area (Å²) in [7, 11) is 0. The Bertz CT molecular complexity index is 591. The highest BCUT2D eigenvalue weighted by atomic mass is 19.2. The average Bonchev–Trinajstić information content (AvgIpc) is 2.58. The van der Waals surface area contributed by atoms with Crippen LogP contribution >= 0.6 is 0 Å². The first kappa shape index (κ1) is 18.6. The summed E-state index contributed by atoms with van der Waals surface area (Å²) in [6.07, 6.45) is 14.1. The molecule has 0 aromatic heterocycles. The van der Waals surface area contributed by atoms with E-state index in [0.29, 0.717) is 5.92 Å². The zero-order chi connectivity index (χ0) is 17.4. The minimum Gasteiger partial charge on any atom is -0.204 e. The second kappa shape index (κ2) is 9.57. The molecule has 0 aliphatic heterocycles. The molecular formula is C21H25F3. The van der Waals surface area contributed by atoms with Gasteiger partial charge in [0.05, 0.1) is 0 Å². The molecule has 0 atom stereocenters. The highest BCUT2D eigenvalue weighted by molar-refractivity contribution is 5.37. The SMILES string of the molecule is CCCCCC1CCC(C=CC#Cc2cc(F)c(F)c(F)c2)CC1. The van der Waals surface area contributed by atoms with Crippen molar-refractivity contribution in [2.45, 2.75) is 58.3 Å². The molecular weight excluding hydrogens is 309 g/mol. The number of hydrogen-bond acceptors (Lipinski definition) is 0. The summed E-state index contributed by atoms with van der Waals surface area (Å²) in [5.41, 5.74) is 0.149. The Balaban J connectivity index is 1.80. The minimum atomic E-state index is -1.45. The van der Waals surface area contributed by atoms with Gasteiger partial charge in [-0.25, -0.2) is 13.2 Å². The van der Waals surface area contributed by atoms with Crippen molar-refractivity contribution >= 4 is 0 Å². The lowest BCUT2D eigenvalue weighted by Gasteiger charge is -2.26. The van der Waals surface area contributed by atoms with Crippen molar-refractivity contribution < 1.29 is 13.2 Å². The third-order valence-corrected chi connectivity index (χ3v) is 4.76. The molecule has 0 radical (unpaired) electrons. The monoisotopic (exact) mass is 334 g/mol. The maximum absolute atomic E-state index is 13.1. The first-order valence-electron chi connectivity index (χ1n) is 8.93. The van der Waals surface area contributed by atoms with Gasteiger partial charge < -0.3 is 0 Å². The molecule has 0 heterocycles. The Morgan fingerprint density at radius 3 is 2.33 bits per heavy atom. The van der Waals surface area contributed by atoms with Crippen LogP contribution in [0.1, 0.15) is 63.9 Å². The summed E-state index contributed by atoms with van der Waals surface area (Å²) in [5, 5.41) is 0. The lowest BCUT2D eigenvalue weighted by atomic mass is 9.79. The molecule has 24 heavy (non-hydrogen) atoms. The molecule has 1 aliphatic rings. The second-order valence-corrected chi connectivity index (χ2v) is 6.66. The van der Waals surface area contributed by atoms with Gasteiger partial charge in [0, 0.05) is 5.56 Å². The van der Waals surface area contributed by atoms with Gasteiger partial charge >= 0.3 is 0 Å². The first-order valence-corrected chi connectivity index (χ1v) is 8.93. The third kappa shape index (κ3) is 5.74. The molecule has 2 rings (SSSR count). The molecule has 0 nitrogen and oxygen atoms in total. The molecule has 0 spiro atoms. The summed E-state index contributed by atoms with van der Waals surface area (Å²) < 4.78 is 39.0. The lowest BCUT2D eigenvalue weighted by molar-refractivity contribution is 0.289. The van der Waals surface area contributed by atoms with E-state index in [-0.39, 0.29) is 5.56 Å². The van der Waals surface area contributed by atoms with Crippen molar-refractivity contribution in [3.63, 3.8) is 0 Å². The van der Waals surface area contributed by atoms with Crippen LogP contribution in [-0.2, 0) is 0 Å². The van der Waals surface area contributed by atoms with Crippen molar-refractivity contribution in [1.82, 2.24) is 0 Å². The maximum atomic E-state index is 13.1. The van der Waals surface area contributed by atoms with Gasteiger partial charge in [0.15, 0.2) is 17.5 Å². The Labute approximate surface area is 143 Å². The quantitative estimate of drug-likeness (QED) is 0.332. The summed E-state index contributed by atoms with van der Waals surface area (Å²) in [4.78, 5) is 0. The number of allylic oxidation sites excluding steroid dienone is 2. The van der Waals surface area contributed by atoms with Crippen LogP contribution in [0.3, 0.4) is 0 Å². The molecule has 0 unspecified atom stereocenters. The van der Waals surface area contributed by atoms with Crippen molar-refractivity contribution in [1.29, 1.82) is 0 Å². The minimum absolute atomic E-state index is 0.149. The zero-order valence-corrected chi connectivity index (χ0v) is 14.3. The fourth-order valence-electron chi connectivity index (χ4n) is 3.29. The van der Waals surface area contributed by atoms with E-state index in [2.05, 4.69) is 24.8 Å². The van der Waals surface area contributed by atoms with Crippen LogP contribution in [0.15, 0.2) is 24.3 Å². The van der Waals surface area contributed by atoms with Crippen molar-refractivity contribution in [3.8, 4) is 11.8 Å². The highest BCUT2D eigenvalue weighted by Gasteiger charge is 2.18. The molecule has 0 bridgehead atoms. The summed E-state index contributed by atoms with van der Waals surface area (Å²) in [6, 6.07) is 1.83. The number of halogens is 3. The van der Waals surface area contributed by atoms with Gasteiger partial charge in [-0.1, -0.05) is 50.5 Å². The van der Waals surface area contributed by atoms with Crippen LogP contribution < -0.4 is 0 Å². The first-order chi connectivity index (χ1) is 11.6. The number of benzene rings is 1. The molecule has 0 amide bonds. The Morgan fingerprint density at radius 2 is 1.71 bits per heavy atom. The van der Waals surface area contributed by atoms with Gasteiger partial charge in [-0.3, -0.25) is 0 Å². The van der Waals surface area contributed by atoms with E-state index in [4.69, 9.17) is 0 Å². The fourth-order valence-corrected chi connectivity index (χ4v) is 3.29. The van der Waals surface area contributed by atoms with Gasteiger partial charge in [-0.15, -0.1) is 0 Å². The molecule has 3 heteroatoms. The smallest absolute Gasteiger partial charge is 0.194 e. The van der Waals surface area contributed by atoms with Gasteiger partial charge in [-0.05, 0) is 55.7 Å². The Morgan fingerprint density at radius 1 is 1.04 bits per heavy atom. The zero-order valence-electron chi connectivity index (χ0n) is 14.3. The topological polar surface area (TPSA) is 0 Å². The van der Waals surface area contributed by atoms with Crippen molar-refractivity contribution in [2.75, 3.05) is 0 Å². The van der Waals surface area contributed by atoms with Crippen molar-refractivity contribution in [2.24, 2.45) is 11.8 Å². The van der Waals surface area contributed by atoms with E-state index in [9.17, 15) is 13.2 Å². The number of hydrogen-bond donors (Lipinski definition) is 0. The molecule has 0 saturated heterocycles. The van der Waals surface area contributed by atoms with Crippen molar-refractivity contribution in [3.05, 3.63) is 47.3 Å². The maximum Gasteiger partial charge on any atom is 0.194 e. The summed E-state index contributed by atoms with van der Waals surface area (Å²) >= 11 is 0. The number of rotatable bonds is 5. The normalized spacial score (nSPS) is 20.8. The van der Waals surface area contributed by atoms with Gasteiger partial charge in [0.25, 0.3) is 0 Å². The van der Waals surface area contributed by atoms with Crippen LogP contribution in [0.4, 0.5) is 13.2 Å². The van der Waals surface area contributed by atoms with E-state index >= 15 is 0 Å². The molecule has 1 fully saturated rings. The molecule has 1 saturated carbocycles. The Hall–Kier alpha value is -1.69. The summed E-state index contributed by atoms with van der Waals surface area (Å²) in [6.45, 7) is 2.23.